The van der Waals surface area contributed by atoms with Gasteiger partial charge in [-0.25, -0.2) is 8.42 Å². The molecule has 0 saturated carbocycles. The van der Waals surface area contributed by atoms with E-state index in [2.05, 4.69) is 10.0 Å². The van der Waals surface area contributed by atoms with Gasteiger partial charge in [-0.2, -0.15) is 4.72 Å². The first-order valence-corrected chi connectivity index (χ1v) is 10.8. The Morgan fingerprint density at radius 2 is 1.72 bits per heavy atom. The van der Waals surface area contributed by atoms with Crippen LogP contribution in [-0.4, -0.2) is 32.9 Å². The summed E-state index contributed by atoms with van der Waals surface area (Å²) in [5.74, 6) is -1.44. The number of benzene rings is 2. The summed E-state index contributed by atoms with van der Waals surface area (Å²) in [6, 6.07) is 10.9. The van der Waals surface area contributed by atoms with Crippen molar-refractivity contribution >= 4 is 45.1 Å². The van der Waals surface area contributed by atoms with Gasteiger partial charge < -0.3 is 10.1 Å². The Balaban J connectivity index is 1.87. The van der Waals surface area contributed by atoms with Crippen LogP contribution in [0.1, 0.15) is 25.5 Å². The predicted molar refractivity (Wildman–Crippen MR) is 110 cm³/mol. The SMILES string of the molecule is CC(NS(=O)(=O)c1ccccc1)C(=O)OCC(=O)NC(C)c1ccc(Cl)cc1Cl. The standard InChI is InChI=1S/C19H20Cl2N2O5S/c1-12(16-9-8-14(20)10-17(16)21)22-18(24)11-28-19(25)13(2)23-29(26,27)15-6-4-3-5-7-15/h3-10,12-13,23H,11H2,1-2H3,(H,22,24). The number of hydrogen-bond donors (Lipinski definition) is 2. The van der Waals surface area contributed by atoms with E-state index in [4.69, 9.17) is 27.9 Å². The molecular formula is C19H20Cl2N2O5S. The Labute approximate surface area is 179 Å². The molecule has 2 unspecified atom stereocenters. The largest absolute Gasteiger partial charge is 0.454 e. The molecule has 2 rings (SSSR count). The van der Waals surface area contributed by atoms with Gasteiger partial charge in [0, 0.05) is 10.0 Å². The smallest absolute Gasteiger partial charge is 0.324 e. The van der Waals surface area contributed by atoms with Gasteiger partial charge in [-0.3, -0.25) is 9.59 Å². The number of halogens is 2. The van der Waals surface area contributed by atoms with Crippen LogP contribution in [0.4, 0.5) is 0 Å². The molecular weight excluding hydrogens is 439 g/mol. The number of esters is 1. The highest BCUT2D eigenvalue weighted by molar-refractivity contribution is 7.89. The van der Waals surface area contributed by atoms with E-state index in [0.29, 0.717) is 15.6 Å². The molecule has 0 aliphatic heterocycles. The molecule has 2 aromatic rings. The Hall–Kier alpha value is -2.13. The predicted octanol–water partition coefficient (Wildman–Crippen LogP) is 3.08. The van der Waals surface area contributed by atoms with Gasteiger partial charge in [0.2, 0.25) is 10.0 Å². The molecule has 0 bridgehead atoms. The fourth-order valence-electron chi connectivity index (χ4n) is 2.42. The monoisotopic (exact) mass is 458 g/mol. The fraction of sp³-hybridized carbons (Fsp3) is 0.263. The van der Waals surface area contributed by atoms with E-state index in [0.717, 1.165) is 0 Å². The van der Waals surface area contributed by atoms with E-state index in [9.17, 15) is 18.0 Å². The first-order chi connectivity index (χ1) is 13.6. The van der Waals surface area contributed by atoms with E-state index in [1.165, 1.54) is 19.1 Å². The Kier molecular flexibility index (Phi) is 8.04. The second-order valence-electron chi connectivity index (χ2n) is 6.22. The zero-order valence-corrected chi connectivity index (χ0v) is 18.0. The van der Waals surface area contributed by atoms with E-state index in [1.54, 1.807) is 43.3 Å². The van der Waals surface area contributed by atoms with Crippen LogP contribution in [0.25, 0.3) is 0 Å². The van der Waals surface area contributed by atoms with Gasteiger partial charge in [-0.1, -0.05) is 47.5 Å². The summed E-state index contributed by atoms with van der Waals surface area (Å²) < 4.78 is 31.6. The van der Waals surface area contributed by atoms with Crippen LogP contribution in [0.15, 0.2) is 53.4 Å². The van der Waals surface area contributed by atoms with Crippen molar-refractivity contribution in [1.82, 2.24) is 10.0 Å². The minimum Gasteiger partial charge on any atom is -0.454 e. The van der Waals surface area contributed by atoms with Gasteiger partial charge in [0.05, 0.1) is 10.9 Å². The molecule has 0 aromatic heterocycles. The van der Waals surface area contributed by atoms with E-state index in [-0.39, 0.29) is 4.90 Å². The molecule has 2 atom stereocenters. The maximum atomic E-state index is 12.2. The zero-order chi connectivity index (χ0) is 21.6. The van der Waals surface area contributed by atoms with Crippen molar-refractivity contribution in [3.63, 3.8) is 0 Å². The third-order valence-corrected chi connectivity index (χ3v) is 6.01. The summed E-state index contributed by atoms with van der Waals surface area (Å²) >= 11 is 12.0. The third kappa shape index (κ3) is 6.71. The molecule has 2 N–H and O–H groups in total. The van der Waals surface area contributed by atoms with Crippen molar-refractivity contribution in [3.05, 3.63) is 64.1 Å². The summed E-state index contributed by atoms with van der Waals surface area (Å²) in [5, 5.41) is 3.51. The van der Waals surface area contributed by atoms with Crippen molar-refractivity contribution in [2.75, 3.05) is 6.61 Å². The van der Waals surface area contributed by atoms with E-state index < -0.39 is 40.6 Å². The van der Waals surface area contributed by atoms with Crippen LogP contribution in [0.2, 0.25) is 10.0 Å². The number of ether oxygens (including phenoxy) is 1. The lowest BCUT2D eigenvalue weighted by Crippen LogP contribution is -2.41. The van der Waals surface area contributed by atoms with Crippen molar-refractivity contribution < 1.29 is 22.7 Å². The molecule has 10 heteroatoms. The number of hydrogen-bond acceptors (Lipinski definition) is 5. The average Bonchev–Trinajstić information content (AvgIpc) is 2.66. The van der Waals surface area contributed by atoms with Crippen LogP contribution in [-0.2, 0) is 24.3 Å². The molecule has 0 saturated heterocycles. The van der Waals surface area contributed by atoms with Gasteiger partial charge >= 0.3 is 5.97 Å². The minimum absolute atomic E-state index is 0.0195. The molecule has 0 aliphatic rings. The molecule has 0 radical (unpaired) electrons. The number of sulfonamides is 1. The van der Waals surface area contributed by atoms with Crippen LogP contribution in [0.3, 0.4) is 0 Å². The maximum Gasteiger partial charge on any atom is 0.324 e. The van der Waals surface area contributed by atoms with Crippen LogP contribution in [0.5, 0.6) is 0 Å². The summed E-state index contributed by atoms with van der Waals surface area (Å²) in [4.78, 5) is 24.1. The van der Waals surface area contributed by atoms with Crippen molar-refractivity contribution in [1.29, 1.82) is 0 Å². The summed E-state index contributed by atoms with van der Waals surface area (Å²) in [6.45, 7) is 2.48. The first-order valence-electron chi connectivity index (χ1n) is 8.58. The average molecular weight is 459 g/mol. The number of rotatable bonds is 8. The topological polar surface area (TPSA) is 102 Å². The van der Waals surface area contributed by atoms with Gasteiger partial charge in [0.25, 0.3) is 5.91 Å². The van der Waals surface area contributed by atoms with Crippen molar-refractivity contribution in [2.45, 2.75) is 30.8 Å². The van der Waals surface area contributed by atoms with Crippen LogP contribution in [0, 0.1) is 0 Å². The fourth-order valence-corrected chi connectivity index (χ4v) is 4.21. The lowest BCUT2D eigenvalue weighted by atomic mass is 10.1. The highest BCUT2D eigenvalue weighted by Gasteiger charge is 2.24. The second kappa shape index (κ2) is 10.1. The highest BCUT2D eigenvalue weighted by Crippen LogP contribution is 2.26. The molecule has 156 valence electrons. The number of amides is 1. The first kappa shape index (κ1) is 23.2. The molecule has 0 aliphatic carbocycles. The number of carbonyl (C=O) groups excluding carboxylic acids is 2. The molecule has 7 nitrogen and oxygen atoms in total. The van der Waals surface area contributed by atoms with Gasteiger partial charge in [-0.15, -0.1) is 0 Å². The zero-order valence-electron chi connectivity index (χ0n) is 15.7. The molecule has 29 heavy (non-hydrogen) atoms. The van der Waals surface area contributed by atoms with Crippen LogP contribution >= 0.6 is 23.2 Å². The normalized spacial score (nSPS) is 13.4. The second-order valence-corrected chi connectivity index (χ2v) is 8.78. The molecule has 1 amide bonds. The summed E-state index contributed by atoms with van der Waals surface area (Å²) in [7, 11) is -3.88. The summed E-state index contributed by atoms with van der Waals surface area (Å²) in [5.41, 5.74) is 0.653. The maximum absolute atomic E-state index is 12.2. The Morgan fingerprint density at radius 3 is 2.34 bits per heavy atom. The van der Waals surface area contributed by atoms with Crippen molar-refractivity contribution in [3.8, 4) is 0 Å². The van der Waals surface area contributed by atoms with E-state index in [1.807, 2.05) is 0 Å². The third-order valence-electron chi connectivity index (χ3n) is 3.89. The lowest BCUT2D eigenvalue weighted by molar-refractivity contribution is -0.149. The Morgan fingerprint density at radius 1 is 1.07 bits per heavy atom. The quantitative estimate of drug-likeness (QED) is 0.591. The van der Waals surface area contributed by atoms with Gasteiger partial charge in [0.15, 0.2) is 6.61 Å². The summed E-state index contributed by atoms with van der Waals surface area (Å²) in [6.07, 6.45) is 0. The molecule has 0 spiro atoms. The lowest BCUT2D eigenvalue weighted by Gasteiger charge is -2.17. The molecule has 2 aromatic carbocycles. The number of carbonyl (C=O) groups is 2. The van der Waals surface area contributed by atoms with Gasteiger partial charge in [-0.05, 0) is 43.7 Å². The highest BCUT2D eigenvalue weighted by atomic mass is 35.5. The number of nitrogens with one attached hydrogen (secondary N) is 2. The van der Waals surface area contributed by atoms with Gasteiger partial charge in [0.1, 0.15) is 6.04 Å². The molecule has 0 heterocycles. The van der Waals surface area contributed by atoms with Crippen molar-refractivity contribution in [2.24, 2.45) is 0 Å². The minimum atomic E-state index is -3.88. The van der Waals surface area contributed by atoms with E-state index >= 15 is 0 Å². The van der Waals surface area contributed by atoms with Crippen LogP contribution < -0.4 is 10.0 Å². The molecule has 0 fully saturated rings. The Bertz CT molecular complexity index is 983.